The summed E-state index contributed by atoms with van der Waals surface area (Å²) in [6, 6.07) is 7.40. The summed E-state index contributed by atoms with van der Waals surface area (Å²) in [5, 5.41) is 9.47. The molecule has 2 amide bonds. The number of ether oxygens (including phenoxy) is 1. The van der Waals surface area contributed by atoms with Crippen LogP contribution >= 0.6 is 0 Å². The van der Waals surface area contributed by atoms with E-state index in [2.05, 4.69) is 20.7 Å². The first-order valence-electron chi connectivity index (χ1n) is 7.47. The van der Waals surface area contributed by atoms with Crippen molar-refractivity contribution in [2.75, 3.05) is 17.7 Å². The Morgan fingerprint density at radius 1 is 1.20 bits per heavy atom. The minimum Gasteiger partial charge on any atom is -0.494 e. The number of benzene rings is 1. The molecule has 2 heterocycles. The second kappa shape index (κ2) is 7.43. The molecule has 128 valence electrons. The minimum atomic E-state index is -0.495. The van der Waals surface area contributed by atoms with E-state index in [1.54, 1.807) is 29.5 Å². The van der Waals surface area contributed by atoms with Gasteiger partial charge in [-0.15, -0.1) is 0 Å². The molecule has 0 aliphatic carbocycles. The average Bonchev–Trinajstić information content (AvgIpc) is 3.04. The Hall–Kier alpha value is -3.42. The Morgan fingerprint density at radius 2 is 1.96 bits per heavy atom. The van der Waals surface area contributed by atoms with Crippen LogP contribution < -0.4 is 15.4 Å². The van der Waals surface area contributed by atoms with E-state index in [1.807, 2.05) is 12.1 Å². The van der Waals surface area contributed by atoms with Crippen molar-refractivity contribution in [2.24, 2.45) is 0 Å². The number of methoxy groups -OCH3 is 1. The molecule has 0 saturated heterocycles. The van der Waals surface area contributed by atoms with Gasteiger partial charge in [-0.25, -0.2) is 9.18 Å². The van der Waals surface area contributed by atoms with Crippen LogP contribution in [0.2, 0.25) is 0 Å². The summed E-state index contributed by atoms with van der Waals surface area (Å²) >= 11 is 0. The van der Waals surface area contributed by atoms with Gasteiger partial charge >= 0.3 is 6.03 Å². The quantitative estimate of drug-likeness (QED) is 0.747. The first kappa shape index (κ1) is 16.4. The normalized spacial score (nSPS) is 10.3. The van der Waals surface area contributed by atoms with Crippen molar-refractivity contribution in [1.82, 2.24) is 14.8 Å². The Bertz CT molecular complexity index is 866. The minimum absolute atomic E-state index is 0.0583. The van der Waals surface area contributed by atoms with E-state index >= 15 is 0 Å². The maximum absolute atomic E-state index is 13.4. The molecule has 3 rings (SSSR count). The van der Waals surface area contributed by atoms with E-state index in [1.165, 1.54) is 25.3 Å². The second-order valence-corrected chi connectivity index (χ2v) is 5.21. The van der Waals surface area contributed by atoms with E-state index in [0.29, 0.717) is 17.9 Å². The van der Waals surface area contributed by atoms with Gasteiger partial charge in [0.25, 0.3) is 0 Å². The van der Waals surface area contributed by atoms with Crippen molar-refractivity contribution < 1.29 is 13.9 Å². The molecule has 0 unspecified atom stereocenters. The number of aromatic nitrogens is 3. The van der Waals surface area contributed by atoms with Crippen molar-refractivity contribution in [3.8, 4) is 5.75 Å². The third-order valence-corrected chi connectivity index (χ3v) is 3.39. The molecule has 0 radical (unpaired) electrons. The summed E-state index contributed by atoms with van der Waals surface area (Å²) < 4.78 is 19.9. The van der Waals surface area contributed by atoms with Gasteiger partial charge in [0.1, 0.15) is 0 Å². The molecule has 0 fully saturated rings. The number of nitrogens with zero attached hydrogens (tertiary/aromatic N) is 3. The topological polar surface area (TPSA) is 81.1 Å². The summed E-state index contributed by atoms with van der Waals surface area (Å²) in [6.07, 6.45) is 6.68. The molecule has 2 aromatic heterocycles. The van der Waals surface area contributed by atoms with Crippen molar-refractivity contribution >= 4 is 17.4 Å². The van der Waals surface area contributed by atoms with E-state index in [0.717, 1.165) is 5.56 Å². The zero-order chi connectivity index (χ0) is 17.6. The van der Waals surface area contributed by atoms with Gasteiger partial charge in [0.15, 0.2) is 11.6 Å². The van der Waals surface area contributed by atoms with Crippen molar-refractivity contribution in [1.29, 1.82) is 0 Å². The number of carbonyl (C=O) groups is 1. The molecular formula is C17H16FN5O2. The summed E-state index contributed by atoms with van der Waals surface area (Å²) in [6.45, 7) is 0.570. The molecular weight excluding hydrogens is 325 g/mol. The molecule has 1 aromatic carbocycles. The number of hydrogen-bond donors (Lipinski definition) is 2. The van der Waals surface area contributed by atoms with Crippen LogP contribution in [0.15, 0.2) is 55.1 Å². The molecule has 7 nitrogen and oxygen atoms in total. The van der Waals surface area contributed by atoms with Crippen LogP contribution in [-0.4, -0.2) is 27.9 Å². The molecule has 0 spiro atoms. The number of hydrogen-bond acceptors (Lipinski definition) is 4. The standard InChI is InChI=1S/C17H16FN5O2/c1-25-16-8-13(2-3-15(16)18)21-17(24)22-14-9-20-23(11-14)10-12-4-6-19-7-5-12/h2-9,11H,10H2,1H3,(H2,21,22,24). The maximum Gasteiger partial charge on any atom is 0.323 e. The summed E-state index contributed by atoms with van der Waals surface area (Å²) in [5.74, 6) is -0.436. The summed E-state index contributed by atoms with van der Waals surface area (Å²) in [4.78, 5) is 16.0. The number of nitrogens with one attached hydrogen (secondary N) is 2. The number of halogens is 1. The van der Waals surface area contributed by atoms with Crippen LogP contribution in [0.3, 0.4) is 0 Å². The fraction of sp³-hybridized carbons (Fsp3) is 0.118. The zero-order valence-corrected chi connectivity index (χ0v) is 13.4. The molecule has 0 aliphatic heterocycles. The fourth-order valence-corrected chi connectivity index (χ4v) is 2.22. The largest absolute Gasteiger partial charge is 0.494 e. The lowest BCUT2D eigenvalue weighted by Gasteiger charge is -2.08. The Morgan fingerprint density at radius 3 is 2.72 bits per heavy atom. The first-order valence-corrected chi connectivity index (χ1v) is 7.47. The lowest BCUT2D eigenvalue weighted by Crippen LogP contribution is -2.19. The van der Waals surface area contributed by atoms with Gasteiger partial charge in [0.05, 0.1) is 25.5 Å². The van der Waals surface area contributed by atoms with Gasteiger partial charge in [-0.1, -0.05) is 0 Å². The summed E-state index contributed by atoms with van der Waals surface area (Å²) in [5.41, 5.74) is 2.01. The number of amides is 2. The van der Waals surface area contributed by atoms with Gasteiger partial charge in [-0.05, 0) is 29.8 Å². The third-order valence-electron chi connectivity index (χ3n) is 3.39. The molecule has 2 N–H and O–H groups in total. The van der Waals surface area contributed by atoms with E-state index < -0.39 is 11.8 Å². The van der Waals surface area contributed by atoms with Crippen molar-refractivity contribution in [3.05, 3.63) is 66.5 Å². The Kier molecular flexibility index (Phi) is 4.89. The maximum atomic E-state index is 13.4. The van der Waals surface area contributed by atoms with Gasteiger partial charge in [0, 0.05) is 30.3 Å². The zero-order valence-electron chi connectivity index (χ0n) is 13.4. The van der Waals surface area contributed by atoms with Gasteiger partial charge < -0.3 is 15.4 Å². The van der Waals surface area contributed by atoms with Crippen LogP contribution in [0.4, 0.5) is 20.6 Å². The molecule has 3 aromatic rings. The van der Waals surface area contributed by atoms with Crippen LogP contribution in [0.5, 0.6) is 5.75 Å². The van der Waals surface area contributed by atoms with Crippen molar-refractivity contribution in [2.45, 2.75) is 6.54 Å². The lowest BCUT2D eigenvalue weighted by atomic mass is 10.3. The smallest absolute Gasteiger partial charge is 0.323 e. The van der Waals surface area contributed by atoms with Crippen molar-refractivity contribution in [3.63, 3.8) is 0 Å². The van der Waals surface area contributed by atoms with Crippen LogP contribution in [0.1, 0.15) is 5.56 Å². The van der Waals surface area contributed by atoms with Crippen LogP contribution in [0.25, 0.3) is 0 Å². The van der Waals surface area contributed by atoms with E-state index in [-0.39, 0.29) is 5.75 Å². The monoisotopic (exact) mass is 341 g/mol. The predicted octanol–water partition coefficient (Wildman–Crippen LogP) is 3.12. The Labute approximate surface area is 143 Å². The van der Waals surface area contributed by atoms with E-state index in [9.17, 15) is 9.18 Å². The number of urea groups is 1. The highest BCUT2D eigenvalue weighted by Crippen LogP contribution is 2.21. The van der Waals surface area contributed by atoms with Gasteiger partial charge in [-0.3, -0.25) is 9.67 Å². The van der Waals surface area contributed by atoms with Gasteiger partial charge in [-0.2, -0.15) is 5.10 Å². The summed E-state index contributed by atoms with van der Waals surface area (Å²) in [7, 11) is 1.36. The fourth-order valence-electron chi connectivity index (χ4n) is 2.22. The van der Waals surface area contributed by atoms with Gasteiger partial charge in [0.2, 0.25) is 0 Å². The lowest BCUT2D eigenvalue weighted by molar-refractivity contribution is 0.262. The number of anilines is 2. The highest BCUT2D eigenvalue weighted by atomic mass is 19.1. The predicted molar refractivity (Wildman–Crippen MR) is 91.2 cm³/mol. The Balaban J connectivity index is 1.60. The number of pyridine rings is 1. The number of carbonyl (C=O) groups excluding carboxylic acids is 1. The number of rotatable bonds is 5. The highest BCUT2D eigenvalue weighted by Gasteiger charge is 2.08. The van der Waals surface area contributed by atoms with Crippen LogP contribution in [0, 0.1) is 5.82 Å². The molecule has 25 heavy (non-hydrogen) atoms. The molecule has 0 bridgehead atoms. The third kappa shape index (κ3) is 4.31. The average molecular weight is 341 g/mol. The molecule has 0 saturated carbocycles. The second-order valence-electron chi connectivity index (χ2n) is 5.21. The molecule has 0 atom stereocenters. The first-order chi connectivity index (χ1) is 12.1. The van der Waals surface area contributed by atoms with E-state index in [4.69, 9.17) is 4.74 Å². The van der Waals surface area contributed by atoms with Crippen LogP contribution in [-0.2, 0) is 6.54 Å². The SMILES string of the molecule is COc1cc(NC(=O)Nc2cnn(Cc3ccncc3)c2)ccc1F. The molecule has 0 aliphatic rings. The highest BCUT2D eigenvalue weighted by molar-refractivity contribution is 5.99. The molecule has 8 heteroatoms.